The number of nitrogens with one attached hydrogen (secondary N) is 1. The van der Waals surface area contributed by atoms with Crippen LogP contribution in [0.15, 0.2) is 24.3 Å². The lowest BCUT2D eigenvalue weighted by Gasteiger charge is -2.09. The molecule has 2 rings (SSSR count). The van der Waals surface area contributed by atoms with Gasteiger partial charge in [-0.15, -0.1) is 0 Å². The van der Waals surface area contributed by atoms with Gasteiger partial charge in [-0.2, -0.15) is 0 Å². The number of anilines is 1. The SMILES string of the molecule is Cc1ccc(CNC(=O)c2cc(Cl)c(N)c(Cl)c2)n1C. The van der Waals surface area contributed by atoms with E-state index in [2.05, 4.69) is 5.32 Å². The monoisotopic (exact) mass is 311 g/mol. The fraction of sp³-hybridized carbons (Fsp3) is 0.214. The summed E-state index contributed by atoms with van der Waals surface area (Å²) in [5.41, 5.74) is 8.46. The number of halogens is 2. The van der Waals surface area contributed by atoms with Gasteiger partial charge in [0.25, 0.3) is 5.91 Å². The van der Waals surface area contributed by atoms with Crippen molar-refractivity contribution >= 4 is 34.8 Å². The smallest absolute Gasteiger partial charge is 0.251 e. The molecule has 0 aliphatic rings. The molecule has 0 saturated heterocycles. The number of rotatable bonds is 3. The number of benzene rings is 1. The number of amides is 1. The quantitative estimate of drug-likeness (QED) is 0.855. The van der Waals surface area contributed by atoms with Crippen LogP contribution in [0.4, 0.5) is 5.69 Å². The molecular weight excluding hydrogens is 297 g/mol. The van der Waals surface area contributed by atoms with Crippen LogP contribution >= 0.6 is 23.2 Å². The van der Waals surface area contributed by atoms with Crippen molar-refractivity contribution in [3.8, 4) is 0 Å². The molecule has 1 amide bonds. The Morgan fingerprint density at radius 2 is 1.90 bits per heavy atom. The molecule has 2 aromatic rings. The molecule has 1 heterocycles. The van der Waals surface area contributed by atoms with E-state index in [9.17, 15) is 4.79 Å². The average Bonchev–Trinajstić information content (AvgIpc) is 2.73. The molecule has 106 valence electrons. The second-order valence-corrected chi connectivity index (χ2v) is 5.38. The van der Waals surface area contributed by atoms with Crippen molar-refractivity contribution in [2.75, 3.05) is 5.73 Å². The van der Waals surface area contributed by atoms with Crippen molar-refractivity contribution in [1.82, 2.24) is 9.88 Å². The first kappa shape index (κ1) is 14.8. The van der Waals surface area contributed by atoms with Gasteiger partial charge in [-0.1, -0.05) is 23.2 Å². The lowest BCUT2D eigenvalue weighted by atomic mass is 10.2. The van der Waals surface area contributed by atoms with Crippen LogP contribution in [0.2, 0.25) is 10.0 Å². The Hall–Kier alpha value is -1.65. The van der Waals surface area contributed by atoms with Gasteiger partial charge in [0.15, 0.2) is 0 Å². The minimum atomic E-state index is -0.243. The molecule has 20 heavy (non-hydrogen) atoms. The van der Waals surface area contributed by atoms with Gasteiger partial charge in [0, 0.05) is 24.0 Å². The third-order valence-corrected chi connectivity index (χ3v) is 3.87. The minimum absolute atomic E-state index is 0.243. The molecule has 1 aromatic heterocycles. The largest absolute Gasteiger partial charge is 0.396 e. The molecule has 0 bridgehead atoms. The zero-order valence-corrected chi connectivity index (χ0v) is 12.7. The molecule has 0 aliphatic heterocycles. The number of nitrogen functional groups attached to an aromatic ring is 1. The summed E-state index contributed by atoms with van der Waals surface area (Å²) in [6, 6.07) is 6.99. The molecule has 6 heteroatoms. The summed E-state index contributed by atoms with van der Waals surface area (Å²) in [6.45, 7) is 2.44. The highest BCUT2D eigenvalue weighted by Crippen LogP contribution is 2.28. The van der Waals surface area contributed by atoms with Gasteiger partial charge in [0.2, 0.25) is 0 Å². The molecular formula is C14H15Cl2N3O. The molecule has 0 atom stereocenters. The third-order valence-electron chi connectivity index (χ3n) is 3.25. The number of hydrogen-bond acceptors (Lipinski definition) is 2. The van der Waals surface area contributed by atoms with Crippen LogP contribution < -0.4 is 11.1 Å². The number of nitrogens with two attached hydrogens (primary N) is 1. The molecule has 0 aliphatic carbocycles. The molecule has 4 nitrogen and oxygen atoms in total. The normalized spacial score (nSPS) is 10.6. The molecule has 3 N–H and O–H groups in total. The van der Waals surface area contributed by atoms with Crippen LogP contribution in [0.3, 0.4) is 0 Å². The van der Waals surface area contributed by atoms with Crippen molar-refractivity contribution in [3.63, 3.8) is 0 Å². The highest BCUT2D eigenvalue weighted by Gasteiger charge is 2.11. The van der Waals surface area contributed by atoms with Gasteiger partial charge >= 0.3 is 0 Å². The van der Waals surface area contributed by atoms with Crippen LogP contribution in [-0.2, 0) is 13.6 Å². The van der Waals surface area contributed by atoms with Gasteiger partial charge < -0.3 is 15.6 Å². The lowest BCUT2D eigenvalue weighted by molar-refractivity contribution is 0.0950. The molecule has 0 saturated carbocycles. The van der Waals surface area contributed by atoms with E-state index < -0.39 is 0 Å². The fourth-order valence-corrected chi connectivity index (χ4v) is 2.32. The first-order valence-electron chi connectivity index (χ1n) is 6.04. The molecule has 0 fully saturated rings. The van der Waals surface area contributed by atoms with E-state index in [0.717, 1.165) is 11.4 Å². The minimum Gasteiger partial charge on any atom is -0.396 e. The summed E-state index contributed by atoms with van der Waals surface area (Å²) in [5, 5.41) is 3.38. The predicted octanol–water partition coefficient (Wildman–Crippen LogP) is 3.15. The zero-order chi connectivity index (χ0) is 14.9. The van der Waals surface area contributed by atoms with E-state index in [1.165, 1.54) is 12.1 Å². The van der Waals surface area contributed by atoms with E-state index in [1.807, 2.05) is 30.7 Å². The lowest BCUT2D eigenvalue weighted by Crippen LogP contribution is -2.24. The van der Waals surface area contributed by atoms with E-state index in [1.54, 1.807) is 0 Å². The number of nitrogens with zero attached hydrogens (tertiary/aromatic N) is 1. The van der Waals surface area contributed by atoms with Crippen molar-refractivity contribution in [1.29, 1.82) is 0 Å². The Labute approximate surface area is 127 Å². The molecule has 0 spiro atoms. The summed E-state index contributed by atoms with van der Waals surface area (Å²) in [5.74, 6) is -0.243. The van der Waals surface area contributed by atoms with E-state index in [-0.39, 0.29) is 21.6 Å². The molecule has 0 unspecified atom stereocenters. The Balaban J connectivity index is 2.11. The van der Waals surface area contributed by atoms with Crippen molar-refractivity contribution in [2.45, 2.75) is 13.5 Å². The summed E-state index contributed by atoms with van der Waals surface area (Å²) in [7, 11) is 1.95. The maximum Gasteiger partial charge on any atom is 0.251 e. The predicted molar refractivity (Wildman–Crippen MR) is 82.2 cm³/mol. The number of aromatic nitrogens is 1. The van der Waals surface area contributed by atoms with E-state index >= 15 is 0 Å². The summed E-state index contributed by atoms with van der Waals surface area (Å²) < 4.78 is 2.02. The summed E-state index contributed by atoms with van der Waals surface area (Å²) in [6.07, 6.45) is 0. The van der Waals surface area contributed by atoms with Gasteiger partial charge in [-0.05, 0) is 31.2 Å². The van der Waals surface area contributed by atoms with Crippen molar-refractivity contribution in [3.05, 3.63) is 51.3 Å². The maximum atomic E-state index is 12.1. The van der Waals surface area contributed by atoms with Crippen molar-refractivity contribution in [2.24, 2.45) is 7.05 Å². The van der Waals surface area contributed by atoms with Crippen LogP contribution in [-0.4, -0.2) is 10.5 Å². The Bertz CT molecular complexity index is 641. The standard InChI is InChI=1S/C14H15Cl2N3O/c1-8-3-4-10(19(8)2)7-18-14(20)9-5-11(15)13(17)12(16)6-9/h3-6H,7,17H2,1-2H3,(H,18,20). The van der Waals surface area contributed by atoms with Crippen LogP contribution in [0.5, 0.6) is 0 Å². The highest BCUT2D eigenvalue weighted by molar-refractivity contribution is 6.39. The topological polar surface area (TPSA) is 60.1 Å². The number of carbonyl (C=O) groups excluding carboxylic acids is 1. The van der Waals surface area contributed by atoms with E-state index in [0.29, 0.717) is 12.1 Å². The summed E-state index contributed by atoms with van der Waals surface area (Å²) in [4.78, 5) is 12.1. The second kappa shape index (κ2) is 5.77. The number of carbonyl (C=O) groups is 1. The average molecular weight is 312 g/mol. The van der Waals surface area contributed by atoms with Gasteiger partial charge in [0.05, 0.1) is 22.3 Å². The Kier molecular flexibility index (Phi) is 4.26. The third kappa shape index (κ3) is 2.92. The van der Waals surface area contributed by atoms with Gasteiger partial charge in [0.1, 0.15) is 0 Å². The first-order valence-corrected chi connectivity index (χ1v) is 6.79. The fourth-order valence-electron chi connectivity index (χ4n) is 1.83. The second-order valence-electron chi connectivity index (χ2n) is 4.56. The van der Waals surface area contributed by atoms with Crippen LogP contribution in [0.25, 0.3) is 0 Å². The molecule has 1 aromatic carbocycles. The Morgan fingerprint density at radius 3 is 2.40 bits per heavy atom. The Morgan fingerprint density at radius 1 is 1.30 bits per heavy atom. The number of aryl methyl sites for hydroxylation is 1. The summed E-state index contributed by atoms with van der Waals surface area (Å²) >= 11 is 11.8. The molecule has 0 radical (unpaired) electrons. The number of hydrogen-bond donors (Lipinski definition) is 2. The van der Waals surface area contributed by atoms with Crippen molar-refractivity contribution < 1.29 is 4.79 Å². The maximum absolute atomic E-state index is 12.1. The first-order chi connectivity index (χ1) is 9.40. The van der Waals surface area contributed by atoms with Gasteiger partial charge in [-0.3, -0.25) is 4.79 Å². The van der Waals surface area contributed by atoms with Crippen LogP contribution in [0.1, 0.15) is 21.7 Å². The highest BCUT2D eigenvalue weighted by atomic mass is 35.5. The zero-order valence-electron chi connectivity index (χ0n) is 11.2. The van der Waals surface area contributed by atoms with E-state index in [4.69, 9.17) is 28.9 Å². The van der Waals surface area contributed by atoms with Gasteiger partial charge in [-0.25, -0.2) is 0 Å². The van der Waals surface area contributed by atoms with Crippen LogP contribution in [0, 0.1) is 6.92 Å².